The van der Waals surface area contributed by atoms with Gasteiger partial charge in [0.2, 0.25) is 0 Å². The predicted octanol–water partition coefficient (Wildman–Crippen LogP) is 2.23. The van der Waals surface area contributed by atoms with E-state index in [2.05, 4.69) is 17.6 Å². The van der Waals surface area contributed by atoms with Gasteiger partial charge in [0, 0.05) is 19.1 Å². The Labute approximate surface area is 120 Å². The summed E-state index contributed by atoms with van der Waals surface area (Å²) < 4.78 is 5.46. The molecule has 110 valence electrons. The van der Waals surface area contributed by atoms with Gasteiger partial charge >= 0.3 is 0 Å². The van der Waals surface area contributed by atoms with Crippen molar-refractivity contribution in [1.82, 2.24) is 10.6 Å². The fraction of sp³-hybridized carbons (Fsp3) is 0.562. The molecule has 0 aliphatic heterocycles. The zero-order valence-corrected chi connectivity index (χ0v) is 12.2. The molecule has 20 heavy (non-hydrogen) atoms. The summed E-state index contributed by atoms with van der Waals surface area (Å²) in [5.41, 5.74) is 1.25. The van der Waals surface area contributed by atoms with Gasteiger partial charge in [0.25, 0.3) is 5.91 Å². The summed E-state index contributed by atoms with van der Waals surface area (Å²) in [7, 11) is 0. The molecule has 1 saturated carbocycles. The zero-order valence-electron chi connectivity index (χ0n) is 12.2. The third-order valence-corrected chi connectivity index (χ3v) is 3.32. The lowest BCUT2D eigenvalue weighted by Crippen LogP contribution is -2.29. The van der Waals surface area contributed by atoms with E-state index in [1.165, 1.54) is 18.4 Å². The van der Waals surface area contributed by atoms with Crippen LogP contribution < -0.4 is 15.4 Å². The summed E-state index contributed by atoms with van der Waals surface area (Å²) in [6.45, 7) is 3.82. The minimum atomic E-state index is -0.0575. The highest BCUT2D eigenvalue weighted by molar-refractivity contribution is 5.77. The van der Waals surface area contributed by atoms with E-state index >= 15 is 0 Å². The van der Waals surface area contributed by atoms with Gasteiger partial charge in [-0.1, -0.05) is 25.5 Å². The highest BCUT2D eigenvalue weighted by atomic mass is 16.5. The first-order valence-corrected chi connectivity index (χ1v) is 7.49. The maximum absolute atomic E-state index is 11.5. The smallest absolute Gasteiger partial charge is 0.257 e. The number of nitrogens with one attached hydrogen (secondary N) is 2. The quantitative estimate of drug-likeness (QED) is 0.680. The van der Waals surface area contributed by atoms with Gasteiger partial charge in [-0.2, -0.15) is 0 Å². The Kier molecular flexibility index (Phi) is 5.87. The van der Waals surface area contributed by atoms with Crippen molar-refractivity contribution in [3.05, 3.63) is 29.8 Å². The standard InChI is InChI=1S/C16H24N2O2/c1-2-3-10-17-16(19)12-20-15-8-4-13(5-9-15)11-18-14-6-7-14/h4-5,8-9,14,18H,2-3,6-7,10-12H2,1H3,(H,17,19). The monoisotopic (exact) mass is 276 g/mol. The molecule has 1 aromatic carbocycles. The second-order valence-corrected chi connectivity index (χ2v) is 5.29. The molecule has 2 N–H and O–H groups in total. The van der Waals surface area contributed by atoms with E-state index < -0.39 is 0 Å². The maximum atomic E-state index is 11.5. The number of hydrogen-bond acceptors (Lipinski definition) is 3. The number of amides is 1. The fourth-order valence-electron chi connectivity index (χ4n) is 1.86. The van der Waals surface area contributed by atoms with E-state index in [4.69, 9.17) is 4.74 Å². The molecule has 0 aromatic heterocycles. The zero-order chi connectivity index (χ0) is 14.2. The Morgan fingerprint density at radius 2 is 2.05 bits per heavy atom. The second kappa shape index (κ2) is 7.90. The highest BCUT2D eigenvalue weighted by Crippen LogP contribution is 2.19. The van der Waals surface area contributed by atoms with Crippen LogP contribution in [0.1, 0.15) is 38.2 Å². The van der Waals surface area contributed by atoms with Crippen molar-refractivity contribution in [3.8, 4) is 5.75 Å². The average molecular weight is 276 g/mol. The second-order valence-electron chi connectivity index (χ2n) is 5.29. The lowest BCUT2D eigenvalue weighted by atomic mass is 10.2. The predicted molar refractivity (Wildman–Crippen MR) is 79.7 cm³/mol. The molecule has 0 saturated heterocycles. The molecule has 4 nitrogen and oxygen atoms in total. The van der Waals surface area contributed by atoms with Gasteiger partial charge < -0.3 is 15.4 Å². The summed E-state index contributed by atoms with van der Waals surface area (Å²) >= 11 is 0. The molecule has 1 aliphatic carbocycles. The Morgan fingerprint density at radius 1 is 1.30 bits per heavy atom. The third-order valence-electron chi connectivity index (χ3n) is 3.32. The molecule has 0 heterocycles. The van der Waals surface area contributed by atoms with Crippen LogP contribution >= 0.6 is 0 Å². The summed E-state index contributed by atoms with van der Waals surface area (Å²) in [6.07, 6.45) is 4.69. The van der Waals surface area contributed by atoms with Gasteiger partial charge in [-0.15, -0.1) is 0 Å². The SMILES string of the molecule is CCCCNC(=O)COc1ccc(CNC2CC2)cc1. The summed E-state index contributed by atoms with van der Waals surface area (Å²) in [5.74, 6) is 0.684. The number of benzene rings is 1. The van der Waals surface area contributed by atoms with Crippen molar-refractivity contribution >= 4 is 5.91 Å². The number of carbonyl (C=O) groups is 1. The average Bonchev–Trinajstić information content (AvgIpc) is 3.28. The summed E-state index contributed by atoms with van der Waals surface area (Å²) in [6, 6.07) is 8.64. The summed E-state index contributed by atoms with van der Waals surface area (Å²) in [4.78, 5) is 11.5. The third kappa shape index (κ3) is 5.61. The van der Waals surface area contributed by atoms with E-state index in [0.717, 1.165) is 37.7 Å². The number of unbranched alkanes of at least 4 members (excludes halogenated alkanes) is 1. The van der Waals surface area contributed by atoms with Crippen molar-refractivity contribution in [2.75, 3.05) is 13.2 Å². The van der Waals surface area contributed by atoms with Gasteiger partial charge in [-0.3, -0.25) is 4.79 Å². The van der Waals surface area contributed by atoms with E-state index in [1.54, 1.807) is 0 Å². The van der Waals surface area contributed by atoms with Crippen LogP contribution in [0.5, 0.6) is 5.75 Å². The Morgan fingerprint density at radius 3 is 2.70 bits per heavy atom. The molecular formula is C16H24N2O2. The maximum Gasteiger partial charge on any atom is 0.257 e. The fourth-order valence-corrected chi connectivity index (χ4v) is 1.86. The van der Waals surface area contributed by atoms with E-state index in [9.17, 15) is 4.79 Å². The van der Waals surface area contributed by atoms with Crippen molar-refractivity contribution in [1.29, 1.82) is 0 Å². The Balaban J connectivity index is 1.65. The molecule has 1 fully saturated rings. The van der Waals surface area contributed by atoms with E-state index in [0.29, 0.717) is 0 Å². The van der Waals surface area contributed by atoms with Gasteiger partial charge in [-0.05, 0) is 37.0 Å². The molecule has 1 amide bonds. The Hall–Kier alpha value is -1.55. The Bertz CT molecular complexity index is 413. The topological polar surface area (TPSA) is 50.4 Å². The van der Waals surface area contributed by atoms with Crippen LogP contribution in [-0.2, 0) is 11.3 Å². The van der Waals surface area contributed by atoms with Crippen LogP contribution in [0.15, 0.2) is 24.3 Å². The lowest BCUT2D eigenvalue weighted by Gasteiger charge is -2.08. The van der Waals surface area contributed by atoms with Gasteiger partial charge in [-0.25, -0.2) is 0 Å². The molecule has 0 unspecified atom stereocenters. The van der Waals surface area contributed by atoms with Crippen molar-refractivity contribution < 1.29 is 9.53 Å². The molecule has 0 radical (unpaired) electrons. The molecule has 4 heteroatoms. The van der Waals surface area contributed by atoms with Gasteiger partial charge in [0.1, 0.15) is 5.75 Å². The number of hydrogen-bond donors (Lipinski definition) is 2. The molecule has 2 rings (SSSR count). The molecule has 0 atom stereocenters. The van der Waals surface area contributed by atoms with Crippen LogP contribution in [0.4, 0.5) is 0 Å². The summed E-state index contributed by atoms with van der Waals surface area (Å²) in [5, 5.41) is 6.30. The number of rotatable bonds is 9. The van der Waals surface area contributed by atoms with Crippen LogP contribution in [0.25, 0.3) is 0 Å². The van der Waals surface area contributed by atoms with Gasteiger partial charge in [0.15, 0.2) is 6.61 Å². The van der Waals surface area contributed by atoms with E-state index in [-0.39, 0.29) is 12.5 Å². The van der Waals surface area contributed by atoms with Crippen LogP contribution in [0.3, 0.4) is 0 Å². The van der Waals surface area contributed by atoms with Crippen LogP contribution in [0.2, 0.25) is 0 Å². The lowest BCUT2D eigenvalue weighted by molar-refractivity contribution is -0.123. The van der Waals surface area contributed by atoms with Crippen molar-refractivity contribution in [3.63, 3.8) is 0 Å². The van der Waals surface area contributed by atoms with Gasteiger partial charge in [0.05, 0.1) is 0 Å². The minimum absolute atomic E-state index is 0.0575. The first-order chi connectivity index (χ1) is 9.78. The molecule has 1 aromatic rings. The van der Waals surface area contributed by atoms with E-state index in [1.807, 2.05) is 24.3 Å². The van der Waals surface area contributed by atoms with Crippen LogP contribution in [0, 0.1) is 0 Å². The minimum Gasteiger partial charge on any atom is -0.484 e. The number of ether oxygens (including phenoxy) is 1. The van der Waals surface area contributed by atoms with Crippen molar-refractivity contribution in [2.45, 2.75) is 45.2 Å². The first-order valence-electron chi connectivity index (χ1n) is 7.49. The number of carbonyl (C=O) groups excluding carboxylic acids is 1. The first kappa shape index (κ1) is 14.9. The molecule has 0 spiro atoms. The molecule has 0 bridgehead atoms. The largest absolute Gasteiger partial charge is 0.484 e. The highest BCUT2D eigenvalue weighted by Gasteiger charge is 2.19. The molecular weight excluding hydrogens is 252 g/mol. The van der Waals surface area contributed by atoms with Crippen LogP contribution in [-0.4, -0.2) is 25.1 Å². The van der Waals surface area contributed by atoms with Crippen molar-refractivity contribution in [2.24, 2.45) is 0 Å². The molecule has 1 aliphatic rings. The normalized spacial score (nSPS) is 14.1.